The lowest BCUT2D eigenvalue weighted by atomic mass is 10.1. The van der Waals surface area contributed by atoms with E-state index < -0.39 is 5.97 Å². The summed E-state index contributed by atoms with van der Waals surface area (Å²) >= 11 is 0. The molecule has 0 fully saturated rings. The molecule has 1 aromatic heterocycles. The summed E-state index contributed by atoms with van der Waals surface area (Å²) in [6.07, 6.45) is 3.32. The van der Waals surface area contributed by atoms with Crippen LogP contribution < -0.4 is 0 Å². The summed E-state index contributed by atoms with van der Waals surface area (Å²) in [5.41, 5.74) is 1.92. The SMILES string of the molecule is CCOC(=O)CCn1cc(/C=C(/C#N)C(=O)OCC)c(-c2ccccc2)n1. The lowest BCUT2D eigenvalue weighted by molar-refractivity contribution is -0.143. The summed E-state index contributed by atoms with van der Waals surface area (Å²) in [6.45, 7) is 4.26. The first-order valence-corrected chi connectivity index (χ1v) is 8.66. The van der Waals surface area contributed by atoms with Crippen molar-refractivity contribution in [3.8, 4) is 17.3 Å². The van der Waals surface area contributed by atoms with Gasteiger partial charge in [0.25, 0.3) is 0 Å². The Morgan fingerprint density at radius 1 is 1.19 bits per heavy atom. The summed E-state index contributed by atoms with van der Waals surface area (Å²) in [6, 6.07) is 11.3. The molecular weight excluding hydrogens is 346 g/mol. The second-order valence-electron chi connectivity index (χ2n) is 5.51. The van der Waals surface area contributed by atoms with Gasteiger partial charge in [-0.2, -0.15) is 10.4 Å². The minimum atomic E-state index is -0.682. The Morgan fingerprint density at radius 3 is 2.52 bits per heavy atom. The number of carbonyl (C=O) groups is 2. The molecule has 0 aliphatic heterocycles. The van der Waals surface area contributed by atoms with Crippen molar-refractivity contribution in [2.24, 2.45) is 0 Å². The van der Waals surface area contributed by atoms with Crippen LogP contribution in [0.5, 0.6) is 0 Å². The van der Waals surface area contributed by atoms with Gasteiger partial charge in [-0.05, 0) is 19.9 Å². The number of hydrogen-bond donors (Lipinski definition) is 0. The first-order valence-electron chi connectivity index (χ1n) is 8.66. The van der Waals surface area contributed by atoms with Gasteiger partial charge in [-0.15, -0.1) is 0 Å². The van der Waals surface area contributed by atoms with E-state index in [1.807, 2.05) is 36.4 Å². The molecule has 0 saturated carbocycles. The minimum Gasteiger partial charge on any atom is -0.466 e. The molecule has 0 N–H and O–H groups in total. The average Bonchev–Trinajstić information content (AvgIpc) is 3.08. The standard InChI is InChI=1S/C20H21N3O4/c1-3-26-18(24)10-11-23-14-17(12-16(13-21)20(25)27-4-2)19(22-23)15-8-6-5-7-9-15/h5-9,12,14H,3-4,10-11H2,1-2H3/b16-12-. The van der Waals surface area contributed by atoms with Crippen LogP contribution in [0.25, 0.3) is 17.3 Å². The van der Waals surface area contributed by atoms with Gasteiger partial charge in [-0.25, -0.2) is 4.79 Å². The van der Waals surface area contributed by atoms with Crippen LogP contribution in [0.15, 0.2) is 42.1 Å². The Balaban J connectivity index is 2.37. The van der Waals surface area contributed by atoms with Crippen molar-refractivity contribution in [2.45, 2.75) is 26.8 Å². The molecule has 0 spiro atoms. The average molecular weight is 367 g/mol. The van der Waals surface area contributed by atoms with E-state index in [1.165, 1.54) is 6.08 Å². The lowest BCUT2D eigenvalue weighted by Crippen LogP contribution is -2.09. The monoisotopic (exact) mass is 367 g/mol. The number of aromatic nitrogens is 2. The summed E-state index contributed by atoms with van der Waals surface area (Å²) in [4.78, 5) is 23.5. The normalized spacial score (nSPS) is 10.9. The minimum absolute atomic E-state index is 0.112. The second-order valence-corrected chi connectivity index (χ2v) is 5.51. The Hall–Kier alpha value is -3.40. The van der Waals surface area contributed by atoms with Crippen LogP contribution in [0.1, 0.15) is 25.8 Å². The molecule has 0 amide bonds. The highest BCUT2D eigenvalue weighted by Crippen LogP contribution is 2.24. The molecule has 0 atom stereocenters. The zero-order valence-electron chi connectivity index (χ0n) is 15.3. The van der Waals surface area contributed by atoms with Gasteiger partial charge in [0.2, 0.25) is 0 Å². The van der Waals surface area contributed by atoms with E-state index in [1.54, 1.807) is 24.7 Å². The molecule has 1 heterocycles. The van der Waals surface area contributed by atoms with Crippen LogP contribution in [0.3, 0.4) is 0 Å². The van der Waals surface area contributed by atoms with Gasteiger partial charge < -0.3 is 9.47 Å². The molecular formula is C20H21N3O4. The van der Waals surface area contributed by atoms with Gasteiger partial charge in [-0.1, -0.05) is 30.3 Å². The summed E-state index contributed by atoms with van der Waals surface area (Å²) in [5.74, 6) is -0.992. The number of aryl methyl sites for hydroxylation is 1. The maximum absolute atomic E-state index is 11.9. The molecule has 0 aliphatic carbocycles. The highest BCUT2D eigenvalue weighted by Gasteiger charge is 2.15. The third kappa shape index (κ3) is 5.54. The van der Waals surface area contributed by atoms with Gasteiger partial charge in [0.05, 0.1) is 31.9 Å². The maximum Gasteiger partial charge on any atom is 0.348 e. The van der Waals surface area contributed by atoms with E-state index in [0.29, 0.717) is 24.4 Å². The number of ether oxygens (including phenoxy) is 2. The van der Waals surface area contributed by atoms with Crippen molar-refractivity contribution in [1.29, 1.82) is 5.26 Å². The highest BCUT2D eigenvalue weighted by molar-refractivity contribution is 5.98. The molecule has 2 rings (SSSR count). The number of nitrogens with zero attached hydrogens (tertiary/aromatic N) is 3. The van der Waals surface area contributed by atoms with Gasteiger partial charge in [0.15, 0.2) is 0 Å². The number of carbonyl (C=O) groups excluding carboxylic acids is 2. The lowest BCUT2D eigenvalue weighted by Gasteiger charge is -2.02. The van der Waals surface area contributed by atoms with Crippen LogP contribution in [0.2, 0.25) is 0 Å². The molecule has 0 unspecified atom stereocenters. The fourth-order valence-corrected chi connectivity index (χ4v) is 2.42. The van der Waals surface area contributed by atoms with E-state index >= 15 is 0 Å². The van der Waals surface area contributed by atoms with Crippen LogP contribution in [0.4, 0.5) is 0 Å². The Morgan fingerprint density at radius 2 is 1.89 bits per heavy atom. The quantitative estimate of drug-likeness (QED) is 0.404. The number of benzene rings is 1. The van der Waals surface area contributed by atoms with Crippen LogP contribution >= 0.6 is 0 Å². The Bertz CT molecular complexity index is 863. The molecule has 7 heteroatoms. The fourth-order valence-electron chi connectivity index (χ4n) is 2.42. The molecule has 0 bridgehead atoms. The second kappa shape index (κ2) is 9.92. The molecule has 27 heavy (non-hydrogen) atoms. The Kier molecular flexibility index (Phi) is 7.32. The van der Waals surface area contributed by atoms with Crippen molar-refractivity contribution in [1.82, 2.24) is 9.78 Å². The smallest absolute Gasteiger partial charge is 0.348 e. The highest BCUT2D eigenvalue weighted by atomic mass is 16.5. The van der Waals surface area contributed by atoms with Crippen LogP contribution in [0, 0.1) is 11.3 Å². The maximum atomic E-state index is 11.9. The van der Waals surface area contributed by atoms with Crippen molar-refractivity contribution in [3.05, 3.63) is 47.7 Å². The van der Waals surface area contributed by atoms with E-state index in [0.717, 1.165) is 5.56 Å². The van der Waals surface area contributed by atoms with Gasteiger partial charge in [0.1, 0.15) is 11.6 Å². The molecule has 0 saturated heterocycles. The molecule has 0 aliphatic rings. The molecule has 7 nitrogen and oxygen atoms in total. The van der Waals surface area contributed by atoms with Gasteiger partial charge in [-0.3, -0.25) is 9.48 Å². The molecule has 0 radical (unpaired) electrons. The molecule has 140 valence electrons. The topological polar surface area (TPSA) is 94.2 Å². The predicted octanol–water partition coefficient (Wildman–Crippen LogP) is 2.97. The summed E-state index contributed by atoms with van der Waals surface area (Å²) in [7, 11) is 0. The number of esters is 2. The molecule has 1 aromatic carbocycles. The van der Waals surface area contributed by atoms with E-state index in [4.69, 9.17) is 9.47 Å². The summed E-state index contributed by atoms with van der Waals surface area (Å²) in [5, 5.41) is 13.8. The van der Waals surface area contributed by atoms with Crippen molar-refractivity contribution in [3.63, 3.8) is 0 Å². The van der Waals surface area contributed by atoms with Crippen molar-refractivity contribution in [2.75, 3.05) is 13.2 Å². The van der Waals surface area contributed by atoms with E-state index in [2.05, 4.69) is 5.10 Å². The number of hydrogen-bond acceptors (Lipinski definition) is 6. The van der Waals surface area contributed by atoms with Crippen molar-refractivity contribution >= 4 is 18.0 Å². The first kappa shape index (κ1) is 19.9. The predicted molar refractivity (Wildman–Crippen MR) is 99.1 cm³/mol. The Labute approximate surface area is 157 Å². The van der Waals surface area contributed by atoms with Gasteiger partial charge in [0, 0.05) is 17.3 Å². The number of nitriles is 1. The largest absolute Gasteiger partial charge is 0.466 e. The zero-order chi connectivity index (χ0) is 19.6. The van der Waals surface area contributed by atoms with Crippen LogP contribution in [-0.2, 0) is 25.6 Å². The van der Waals surface area contributed by atoms with Crippen LogP contribution in [-0.4, -0.2) is 34.9 Å². The van der Waals surface area contributed by atoms with E-state index in [9.17, 15) is 14.9 Å². The van der Waals surface area contributed by atoms with E-state index in [-0.39, 0.29) is 24.6 Å². The third-order valence-electron chi connectivity index (χ3n) is 3.60. The zero-order valence-corrected chi connectivity index (χ0v) is 15.3. The van der Waals surface area contributed by atoms with Crippen molar-refractivity contribution < 1.29 is 19.1 Å². The van der Waals surface area contributed by atoms with Gasteiger partial charge >= 0.3 is 11.9 Å². The summed E-state index contributed by atoms with van der Waals surface area (Å²) < 4.78 is 11.4. The molecule has 2 aromatic rings. The third-order valence-corrected chi connectivity index (χ3v) is 3.60. The fraction of sp³-hybridized carbons (Fsp3) is 0.300. The first-order chi connectivity index (χ1) is 13.1. The number of rotatable bonds is 8.